The van der Waals surface area contributed by atoms with Crippen LogP contribution in [-0.2, 0) is 0 Å². The molecule has 62 valence electrons. The van der Waals surface area contributed by atoms with Crippen LogP contribution in [0, 0.1) is 5.92 Å². The predicted octanol–water partition coefficient (Wildman–Crippen LogP) is 2.55. The molecule has 0 aromatic heterocycles. The van der Waals surface area contributed by atoms with Crippen LogP contribution in [0.3, 0.4) is 0 Å². The standard InChI is InChI=1S/C9H21N/c1-5-6-8(2)7-9(3,4)10/h8H,5-7,10H2,1-4H3. The van der Waals surface area contributed by atoms with E-state index in [-0.39, 0.29) is 5.54 Å². The minimum Gasteiger partial charge on any atom is -0.326 e. The zero-order chi connectivity index (χ0) is 8.20. The van der Waals surface area contributed by atoms with Crippen LogP contribution < -0.4 is 5.73 Å². The molecule has 0 aromatic rings. The maximum atomic E-state index is 5.87. The van der Waals surface area contributed by atoms with E-state index in [4.69, 9.17) is 5.73 Å². The summed E-state index contributed by atoms with van der Waals surface area (Å²) in [6, 6.07) is 0. The summed E-state index contributed by atoms with van der Waals surface area (Å²) in [5.41, 5.74) is 5.89. The van der Waals surface area contributed by atoms with E-state index in [2.05, 4.69) is 27.7 Å². The fourth-order valence-corrected chi connectivity index (χ4v) is 1.49. The lowest BCUT2D eigenvalue weighted by atomic mass is 9.90. The highest BCUT2D eigenvalue weighted by Crippen LogP contribution is 2.17. The van der Waals surface area contributed by atoms with Crippen molar-refractivity contribution in [3.05, 3.63) is 0 Å². The van der Waals surface area contributed by atoms with E-state index in [1.54, 1.807) is 0 Å². The van der Waals surface area contributed by atoms with Crippen molar-refractivity contribution >= 4 is 0 Å². The molecular formula is C9H21N. The molecule has 0 aromatic carbocycles. The zero-order valence-corrected chi connectivity index (χ0v) is 7.78. The van der Waals surface area contributed by atoms with Gasteiger partial charge in [-0.3, -0.25) is 0 Å². The highest BCUT2D eigenvalue weighted by Gasteiger charge is 2.14. The van der Waals surface area contributed by atoms with Gasteiger partial charge in [0.1, 0.15) is 0 Å². The monoisotopic (exact) mass is 143 g/mol. The number of nitrogens with two attached hydrogens (primary N) is 1. The van der Waals surface area contributed by atoms with E-state index < -0.39 is 0 Å². The van der Waals surface area contributed by atoms with Gasteiger partial charge in [-0.2, -0.15) is 0 Å². The molecule has 2 N–H and O–H groups in total. The van der Waals surface area contributed by atoms with Crippen LogP contribution in [0.5, 0.6) is 0 Å². The molecular weight excluding hydrogens is 122 g/mol. The number of hydrogen-bond acceptors (Lipinski definition) is 1. The summed E-state index contributed by atoms with van der Waals surface area (Å²) in [6.07, 6.45) is 3.72. The Balaban J connectivity index is 3.47. The van der Waals surface area contributed by atoms with E-state index in [1.807, 2.05) is 0 Å². The largest absolute Gasteiger partial charge is 0.326 e. The summed E-state index contributed by atoms with van der Waals surface area (Å²) < 4.78 is 0. The highest BCUT2D eigenvalue weighted by atomic mass is 14.7. The van der Waals surface area contributed by atoms with Crippen molar-refractivity contribution in [2.24, 2.45) is 11.7 Å². The number of hydrogen-bond donors (Lipinski definition) is 1. The van der Waals surface area contributed by atoms with Crippen LogP contribution in [0.15, 0.2) is 0 Å². The van der Waals surface area contributed by atoms with Gasteiger partial charge in [-0.25, -0.2) is 0 Å². The smallest absolute Gasteiger partial charge is 0.00995 e. The van der Waals surface area contributed by atoms with E-state index >= 15 is 0 Å². The van der Waals surface area contributed by atoms with E-state index in [9.17, 15) is 0 Å². The first kappa shape index (κ1) is 9.96. The molecule has 1 nitrogen and oxygen atoms in total. The summed E-state index contributed by atoms with van der Waals surface area (Å²) in [6.45, 7) is 8.69. The second-order valence-corrected chi connectivity index (χ2v) is 4.09. The Hall–Kier alpha value is -0.0400. The lowest BCUT2D eigenvalue weighted by molar-refractivity contribution is 0.362. The third kappa shape index (κ3) is 6.09. The van der Waals surface area contributed by atoms with Crippen molar-refractivity contribution in [1.82, 2.24) is 0 Å². The van der Waals surface area contributed by atoms with Gasteiger partial charge in [0.25, 0.3) is 0 Å². The number of rotatable bonds is 4. The Morgan fingerprint density at radius 2 is 1.90 bits per heavy atom. The van der Waals surface area contributed by atoms with Crippen LogP contribution in [0.2, 0.25) is 0 Å². The first-order valence-corrected chi connectivity index (χ1v) is 4.24. The first-order valence-electron chi connectivity index (χ1n) is 4.24. The molecule has 0 saturated carbocycles. The Labute approximate surface area is 65.0 Å². The van der Waals surface area contributed by atoms with Crippen molar-refractivity contribution in [1.29, 1.82) is 0 Å². The first-order chi connectivity index (χ1) is 4.45. The molecule has 0 bridgehead atoms. The van der Waals surface area contributed by atoms with Crippen molar-refractivity contribution in [2.75, 3.05) is 0 Å². The molecule has 0 radical (unpaired) electrons. The second kappa shape index (κ2) is 3.97. The molecule has 1 heteroatoms. The maximum Gasteiger partial charge on any atom is 0.00995 e. The summed E-state index contributed by atoms with van der Waals surface area (Å²) in [5, 5.41) is 0. The fraction of sp³-hybridized carbons (Fsp3) is 1.00. The molecule has 0 amide bonds. The van der Waals surface area contributed by atoms with Gasteiger partial charge >= 0.3 is 0 Å². The average molecular weight is 143 g/mol. The Morgan fingerprint density at radius 3 is 2.20 bits per heavy atom. The summed E-state index contributed by atoms with van der Waals surface area (Å²) in [4.78, 5) is 0. The molecule has 0 heterocycles. The van der Waals surface area contributed by atoms with Gasteiger partial charge in [0.2, 0.25) is 0 Å². The maximum absolute atomic E-state index is 5.87. The molecule has 0 spiro atoms. The van der Waals surface area contributed by atoms with Crippen molar-refractivity contribution in [3.63, 3.8) is 0 Å². The van der Waals surface area contributed by atoms with Crippen molar-refractivity contribution in [2.45, 2.75) is 52.5 Å². The van der Waals surface area contributed by atoms with Gasteiger partial charge in [0.15, 0.2) is 0 Å². The summed E-state index contributed by atoms with van der Waals surface area (Å²) in [5.74, 6) is 0.782. The quantitative estimate of drug-likeness (QED) is 0.643. The summed E-state index contributed by atoms with van der Waals surface area (Å²) in [7, 11) is 0. The Bertz CT molecular complexity index is 81.2. The van der Waals surface area contributed by atoms with Crippen LogP contribution in [-0.4, -0.2) is 5.54 Å². The minimum absolute atomic E-state index is 0.0224. The van der Waals surface area contributed by atoms with Gasteiger partial charge in [0, 0.05) is 5.54 Å². The topological polar surface area (TPSA) is 26.0 Å². The van der Waals surface area contributed by atoms with Crippen LogP contribution in [0.25, 0.3) is 0 Å². The third-order valence-corrected chi connectivity index (χ3v) is 1.66. The normalized spacial score (nSPS) is 15.3. The van der Waals surface area contributed by atoms with E-state index in [0.29, 0.717) is 0 Å². The molecule has 0 aliphatic rings. The molecule has 0 rings (SSSR count). The van der Waals surface area contributed by atoms with Gasteiger partial charge in [-0.05, 0) is 26.2 Å². The Morgan fingerprint density at radius 1 is 1.40 bits per heavy atom. The van der Waals surface area contributed by atoms with E-state index in [1.165, 1.54) is 12.8 Å². The lowest BCUT2D eigenvalue weighted by Crippen LogP contribution is -2.33. The van der Waals surface area contributed by atoms with E-state index in [0.717, 1.165) is 12.3 Å². The van der Waals surface area contributed by atoms with Gasteiger partial charge in [0.05, 0.1) is 0 Å². The molecule has 0 aliphatic carbocycles. The Kier molecular flexibility index (Phi) is 3.95. The molecule has 10 heavy (non-hydrogen) atoms. The predicted molar refractivity (Wildman–Crippen MR) is 47.0 cm³/mol. The van der Waals surface area contributed by atoms with Crippen LogP contribution in [0.4, 0.5) is 0 Å². The van der Waals surface area contributed by atoms with Crippen molar-refractivity contribution in [3.8, 4) is 0 Å². The average Bonchev–Trinajstić information content (AvgIpc) is 1.59. The van der Waals surface area contributed by atoms with Crippen LogP contribution >= 0.6 is 0 Å². The molecule has 0 saturated heterocycles. The second-order valence-electron chi connectivity index (χ2n) is 4.09. The summed E-state index contributed by atoms with van der Waals surface area (Å²) >= 11 is 0. The van der Waals surface area contributed by atoms with Crippen LogP contribution in [0.1, 0.15) is 47.0 Å². The van der Waals surface area contributed by atoms with Gasteiger partial charge < -0.3 is 5.73 Å². The molecule has 1 atom stereocenters. The lowest BCUT2D eigenvalue weighted by Gasteiger charge is -2.22. The highest BCUT2D eigenvalue weighted by molar-refractivity contribution is 4.74. The van der Waals surface area contributed by atoms with Gasteiger partial charge in [-0.15, -0.1) is 0 Å². The molecule has 0 aliphatic heterocycles. The minimum atomic E-state index is 0.0224. The third-order valence-electron chi connectivity index (χ3n) is 1.66. The van der Waals surface area contributed by atoms with Crippen molar-refractivity contribution < 1.29 is 0 Å². The zero-order valence-electron chi connectivity index (χ0n) is 7.78. The molecule has 0 fully saturated rings. The van der Waals surface area contributed by atoms with Gasteiger partial charge in [-0.1, -0.05) is 26.7 Å². The fourth-order valence-electron chi connectivity index (χ4n) is 1.49. The SMILES string of the molecule is CCCC(C)CC(C)(C)N. The molecule has 1 unspecified atom stereocenters.